The monoisotopic (exact) mass is 335 g/mol. The molecule has 2 aromatic rings. The lowest BCUT2D eigenvalue weighted by molar-refractivity contribution is 0.414. The maximum Gasteiger partial charge on any atom is 0.128 e. The van der Waals surface area contributed by atoms with Crippen LogP contribution in [0.5, 0.6) is 5.75 Å². The lowest BCUT2D eigenvalue weighted by Crippen LogP contribution is -2.28. The number of aryl methyl sites for hydroxylation is 2. The average Bonchev–Trinajstić information content (AvgIpc) is 2.83. The van der Waals surface area contributed by atoms with Crippen LogP contribution in [-0.2, 0) is 25.9 Å². The predicted octanol–water partition coefficient (Wildman–Crippen LogP) is 2.54. The Kier molecular flexibility index (Phi) is 4.08. The summed E-state index contributed by atoms with van der Waals surface area (Å²) in [6, 6.07) is 8.26. The molecule has 0 bridgehead atoms. The molecule has 0 aliphatic carbocycles. The van der Waals surface area contributed by atoms with Crippen LogP contribution in [0.25, 0.3) is 0 Å². The van der Waals surface area contributed by atoms with Crippen molar-refractivity contribution in [1.29, 1.82) is 0 Å². The molecule has 5 heteroatoms. The molecule has 0 spiro atoms. The van der Waals surface area contributed by atoms with Crippen molar-refractivity contribution in [3.63, 3.8) is 0 Å². The van der Waals surface area contributed by atoms with E-state index >= 15 is 0 Å². The second-order valence-corrected chi connectivity index (χ2v) is 5.69. The number of hydrogen-bond acceptors (Lipinski definition) is 3. The molecular weight excluding hydrogens is 318 g/mol. The Morgan fingerprint density at radius 2 is 2.10 bits per heavy atom. The van der Waals surface area contributed by atoms with Gasteiger partial charge in [-0.2, -0.15) is 0 Å². The van der Waals surface area contributed by atoms with Gasteiger partial charge in [0.15, 0.2) is 0 Å². The van der Waals surface area contributed by atoms with Crippen LogP contribution >= 0.6 is 15.9 Å². The first-order valence-corrected chi connectivity index (χ1v) is 7.64. The third-order valence-electron chi connectivity index (χ3n) is 3.70. The molecule has 1 aliphatic heterocycles. The summed E-state index contributed by atoms with van der Waals surface area (Å²) in [6.45, 7) is 2.92. The van der Waals surface area contributed by atoms with Crippen LogP contribution in [0.2, 0.25) is 0 Å². The van der Waals surface area contributed by atoms with Gasteiger partial charge in [-0.25, -0.2) is 4.98 Å². The Bertz CT molecular complexity index is 592. The topological polar surface area (TPSA) is 39.1 Å². The highest BCUT2D eigenvalue weighted by Gasteiger charge is 2.17. The molecule has 0 amide bonds. The number of fused-ring (bicyclic) bond motifs is 1. The highest BCUT2D eigenvalue weighted by molar-refractivity contribution is 9.10. The van der Waals surface area contributed by atoms with Crippen LogP contribution in [-0.4, -0.2) is 23.2 Å². The minimum Gasteiger partial charge on any atom is -0.497 e. The summed E-state index contributed by atoms with van der Waals surface area (Å²) in [5.41, 5.74) is 2.58. The van der Waals surface area contributed by atoms with E-state index in [1.54, 1.807) is 7.11 Å². The molecule has 1 aromatic heterocycles. The van der Waals surface area contributed by atoms with Gasteiger partial charge in [0.25, 0.3) is 0 Å². The molecule has 0 fully saturated rings. The number of imidazole rings is 1. The Morgan fingerprint density at radius 3 is 2.85 bits per heavy atom. The van der Waals surface area contributed by atoms with E-state index in [1.165, 1.54) is 17.1 Å². The number of methoxy groups -OCH3 is 1. The van der Waals surface area contributed by atoms with Crippen LogP contribution in [0.3, 0.4) is 0 Å². The van der Waals surface area contributed by atoms with Crippen molar-refractivity contribution in [1.82, 2.24) is 14.9 Å². The summed E-state index contributed by atoms with van der Waals surface area (Å²) in [5.74, 6) is 2.07. The summed E-state index contributed by atoms with van der Waals surface area (Å²) in [6.07, 6.45) is 1.96. The molecule has 4 nitrogen and oxygen atoms in total. The van der Waals surface area contributed by atoms with Crippen LogP contribution < -0.4 is 10.1 Å². The fraction of sp³-hybridized carbons (Fsp3) is 0.400. The Hall–Kier alpha value is -1.33. The zero-order valence-electron chi connectivity index (χ0n) is 11.5. The molecule has 0 saturated heterocycles. The van der Waals surface area contributed by atoms with E-state index in [-0.39, 0.29) is 0 Å². The van der Waals surface area contributed by atoms with Crippen molar-refractivity contribution in [2.75, 3.05) is 13.7 Å². The van der Waals surface area contributed by atoms with E-state index in [0.717, 1.165) is 42.8 Å². The molecule has 1 aliphatic rings. The van der Waals surface area contributed by atoms with E-state index < -0.39 is 0 Å². The molecule has 1 aromatic carbocycles. The molecule has 0 saturated carbocycles. The van der Waals surface area contributed by atoms with Gasteiger partial charge in [-0.15, -0.1) is 0 Å². The first-order chi connectivity index (χ1) is 9.78. The second-order valence-electron chi connectivity index (χ2n) is 4.94. The molecular formula is C15H18BrN3O. The fourth-order valence-electron chi connectivity index (χ4n) is 2.57. The zero-order chi connectivity index (χ0) is 13.9. The predicted molar refractivity (Wildman–Crippen MR) is 82.0 cm³/mol. The van der Waals surface area contributed by atoms with Gasteiger partial charge < -0.3 is 14.6 Å². The number of nitrogens with one attached hydrogen (secondary N) is 1. The molecule has 1 N–H and O–H groups in total. The van der Waals surface area contributed by atoms with Crippen LogP contribution in [0.15, 0.2) is 28.9 Å². The number of halogens is 1. The van der Waals surface area contributed by atoms with Crippen molar-refractivity contribution in [3.05, 3.63) is 46.0 Å². The van der Waals surface area contributed by atoms with E-state index in [1.807, 2.05) is 12.1 Å². The Labute approximate surface area is 127 Å². The van der Waals surface area contributed by atoms with Gasteiger partial charge in [0, 0.05) is 26.1 Å². The largest absolute Gasteiger partial charge is 0.497 e. The summed E-state index contributed by atoms with van der Waals surface area (Å²) in [4.78, 5) is 4.66. The van der Waals surface area contributed by atoms with Crippen LogP contribution in [0, 0.1) is 0 Å². The Morgan fingerprint density at radius 1 is 1.30 bits per heavy atom. The number of rotatable bonds is 4. The summed E-state index contributed by atoms with van der Waals surface area (Å²) < 4.78 is 8.50. The lowest BCUT2D eigenvalue weighted by Gasteiger charge is -2.18. The number of hydrogen-bond donors (Lipinski definition) is 1. The van der Waals surface area contributed by atoms with E-state index in [4.69, 9.17) is 4.74 Å². The number of ether oxygens (including phenoxy) is 1. The van der Waals surface area contributed by atoms with Gasteiger partial charge in [0.2, 0.25) is 0 Å². The van der Waals surface area contributed by atoms with Crippen molar-refractivity contribution in [3.8, 4) is 5.75 Å². The third-order valence-corrected chi connectivity index (χ3v) is 4.34. The standard InChI is InChI=1S/C15H18BrN3O/c1-20-12-5-2-11(3-6-12)4-7-14-18-15(16)13-10-17-8-9-19(13)14/h2-3,5-6,17H,4,7-10H2,1H3. The van der Waals surface area contributed by atoms with Gasteiger partial charge in [0.05, 0.1) is 12.8 Å². The summed E-state index contributed by atoms with van der Waals surface area (Å²) in [5, 5.41) is 3.38. The normalized spacial score (nSPS) is 14.1. The molecule has 0 radical (unpaired) electrons. The third kappa shape index (κ3) is 2.74. The summed E-state index contributed by atoms with van der Waals surface area (Å²) >= 11 is 3.56. The van der Waals surface area contributed by atoms with E-state index in [2.05, 4.69) is 42.9 Å². The molecule has 20 heavy (non-hydrogen) atoms. The van der Waals surface area contributed by atoms with Crippen LogP contribution in [0.1, 0.15) is 17.1 Å². The van der Waals surface area contributed by atoms with Crippen molar-refractivity contribution < 1.29 is 4.74 Å². The van der Waals surface area contributed by atoms with Crippen molar-refractivity contribution in [2.24, 2.45) is 0 Å². The number of aromatic nitrogens is 2. The quantitative estimate of drug-likeness (QED) is 0.933. The first kappa shape index (κ1) is 13.6. The highest BCUT2D eigenvalue weighted by Crippen LogP contribution is 2.21. The zero-order valence-corrected chi connectivity index (χ0v) is 13.1. The lowest BCUT2D eigenvalue weighted by atomic mass is 10.1. The highest BCUT2D eigenvalue weighted by atomic mass is 79.9. The molecule has 106 valence electrons. The van der Waals surface area contributed by atoms with Gasteiger partial charge in [0.1, 0.15) is 16.2 Å². The smallest absolute Gasteiger partial charge is 0.128 e. The number of nitrogens with zero attached hydrogens (tertiary/aromatic N) is 2. The SMILES string of the molecule is COc1ccc(CCc2nc(Br)c3n2CCNC3)cc1. The second kappa shape index (κ2) is 5.97. The molecule has 0 unspecified atom stereocenters. The van der Waals surface area contributed by atoms with Crippen LogP contribution in [0.4, 0.5) is 0 Å². The molecule has 3 rings (SSSR count). The van der Waals surface area contributed by atoms with Gasteiger partial charge in [-0.3, -0.25) is 0 Å². The maximum absolute atomic E-state index is 5.18. The average molecular weight is 336 g/mol. The minimum atomic E-state index is 0.899. The maximum atomic E-state index is 5.18. The van der Waals surface area contributed by atoms with E-state index in [0.29, 0.717) is 0 Å². The Balaban J connectivity index is 1.71. The molecule has 0 atom stereocenters. The summed E-state index contributed by atoms with van der Waals surface area (Å²) in [7, 11) is 1.69. The number of benzene rings is 1. The van der Waals surface area contributed by atoms with Gasteiger partial charge >= 0.3 is 0 Å². The van der Waals surface area contributed by atoms with Crippen molar-refractivity contribution >= 4 is 15.9 Å². The van der Waals surface area contributed by atoms with E-state index in [9.17, 15) is 0 Å². The van der Waals surface area contributed by atoms with Crippen molar-refractivity contribution in [2.45, 2.75) is 25.9 Å². The first-order valence-electron chi connectivity index (χ1n) is 6.85. The fourth-order valence-corrected chi connectivity index (χ4v) is 3.13. The minimum absolute atomic E-state index is 0.899. The van der Waals surface area contributed by atoms with Gasteiger partial charge in [-0.05, 0) is 40.0 Å². The molecule has 2 heterocycles. The van der Waals surface area contributed by atoms with Gasteiger partial charge in [-0.1, -0.05) is 12.1 Å².